The number of carboxylic acids is 3. The number of aryl methyl sites for hydroxylation is 1. The van der Waals surface area contributed by atoms with E-state index >= 15 is 0 Å². The number of hydrogen-bond acceptors (Lipinski definition) is 5. The van der Waals surface area contributed by atoms with Gasteiger partial charge in [0.15, 0.2) is 0 Å². The van der Waals surface area contributed by atoms with E-state index in [9.17, 15) is 14.4 Å². The molecule has 8 heteroatoms. The van der Waals surface area contributed by atoms with Gasteiger partial charge in [0.2, 0.25) is 0 Å². The molecule has 0 bridgehead atoms. The SMILES string of the molecule is N[C@@H](CCC1CCCCC1)C(=O)O.O=C(O)CCN[C@H](CCc1ccccc1)C(=O)O. The van der Waals surface area contributed by atoms with E-state index in [1.807, 2.05) is 30.3 Å². The molecule has 0 unspecified atom stereocenters. The smallest absolute Gasteiger partial charge is 0.320 e. The second-order valence-electron chi connectivity index (χ2n) is 8.04. The predicted octanol–water partition coefficient (Wildman–Crippen LogP) is 2.90. The fraction of sp³-hybridized carbons (Fsp3) is 0.609. The molecule has 31 heavy (non-hydrogen) atoms. The Kier molecular flexibility index (Phi) is 13.2. The molecule has 0 aromatic heterocycles. The van der Waals surface area contributed by atoms with E-state index in [1.54, 1.807) is 0 Å². The van der Waals surface area contributed by atoms with Crippen molar-refractivity contribution in [2.75, 3.05) is 6.54 Å². The Hall–Kier alpha value is -2.45. The summed E-state index contributed by atoms with van der Waals surface area (Å²) in [6.07, 6.45) is 9.17. The van der Waals surface area contributed by atoms with Gasteiger partial charge in [-0.2, -0.15) is 0 Å². The maximum absolute atomic E-state index is 11.0. The third-order valence-electron chi connectivity index (χ3n) is 5.52. The molecular weight excluding hydrogens is 400 g/mol. The van der Waals surface area contributed by atoms with Crippen molar-refractivity contribution in [3.05, 3.63) is 35.9 Å². The van der Waals surface area contributed by atoms with E-state index in [-0.39, 0.29) is 13.0 Å². The molecule has 1 aromatic carbocycles. The van der Waals surface area contributed by atoms with Crippen LogP contribution in [0, 0.1) is 5.92 Å². The quantitative estimate of drug-likeness (QED) is 0.336. The van der Waals surface area contributed by atoms with Crippen LogP contribution >= 0.6 is 0 Å². The van der Waals surface area contributed by atoms with Crippen LogP contribution in [0.4, 0.5) is 0 Å². The first-order chi connectivity index (χ1) is 14.8. The zero-order chi connectivity index (χ0) is 23.1. The van der Waals surface area contributed by atoms with Gasteiger partial charge < -0.3 is 26.4 Å². The molecule has 2 rings (SSSR count). The van der Waals surface area contributed by atoms with E-state index in [4.69, 9.17) is 21.1 Å². The summed E-state index contributed by atoms with van der Waals surface area (Å²) < 4.78 is 0. The van der Waals surface area contributed by atoms with Gasteiger partial charge in [0.25, 0.3) is 0 Å². The van der Waals surface area contributed by atoms with E-state index in [0.29, 0.717) is 19.3 Å². The summed E-state index contributed by atoms with van der Waals surface area (Å²) in [6, 6.07) is 8.24. The lowest BCUT2D eigenvalue weighted by Gasteiger charge is -2.21. The van der Waals surface area contributed by atoms with E-state index in [2.05, 4.69) is 5.32 Å². The van der Waals surface area contributed by atoms with Crippen molar-refractivity contribution >= 4 is 17.9 Å². The minimum absolute atomic E-state index is 0.0743. The highest BCUT2D eigenvalue weighted by molar-refractivity contribution is 5.73. The molecule has 1 fully saturated rings. The fourth-order valence-electron chi connectivity index (χ4n) is 3.64. The summed E-state index contributed by atoms with van der Waals surface area (Å²) in [5.74, 6) is -2.01. The highest BCUT2D eigenvalue weighted by atomic mass is 16.4. The summed E-state index contributed by atoms with van der Waals surface area (Å²) >= 11 is 0. The Morgan fingerprint density at radius 2 is 1.61 bits per heavy atom. The highest BCUT2D eigenvalue weighted by Crippen LogP contribution is 2.27. The minimum Gasteiger partial charge on any atom is -0.481 e. The van der Waals surface area contributed by atoms with Gasteiger partial charge >= 0.3 is 17.9 Å². The summed E-state index contributed by atoms with van der Waals surface area (Å²) in [5.41, 5.74) is 6.51. The summed E-state index contributed by atoms with van der Waals surface area (Å²) in [4.78, 5) is 31.8. The van der Waals surface area contributed by atoms with Crippen LogP contribution in [0.15, 0.2) is 30.3 Å². The molecule has 0 spiro atoms. The number of rotatable bonds is 12. The first-order valence-electron chi connectivity index (χ1n) is 11.0. The topological polar surface area (TPSA) is 150 Å². The molecular formula is C23H36N2O6. The molecule has 2 atom stereocenters. The maximum Gasteiger partial charge on any atom is 0.320 e. The summed E-state index contributed by atoms with van der Waals surface area (Å²) in [5, 5.41) is 28.8. The fourth-order valence-corrected chi connectivity index (χ4v) is 3.64. The number of nitrogens with one attached hydrogen (secondary N) is 1. The largest absolute Gasteiger partial charge is 0.481 e. The summed E-state index contributed by atoms with van der Waals surface area (Å²) in [6.45, 7) is 0.168. The molecule has 0 saturated heterocycles. The molecule has 0 radical (unpaired) electrons. The highest BCUT2D eigenvalue weighted by Gasteiger charge is 2.18. The molecule has 0 heterocycles. The van der Waals surface area contributed by atoms with Crippen LogP contribution < -0.4 is 11.1 Å². The number of benzene rings is 1. The van der Waals surface area contributed by atoms with Crippen molar-refractivity contribution < 1.29 is 29.7 Å². The van der Waals surface area contributed by atoms with Crippen LogP contribution in [-0.2, 0) is 20.8 Å². The third-order valence-corrected chi connectivity index (χ3v) is 5.52. The average molecular weight is 437 g/mol. The molecule has 8 nitrogen and oxygen atoms in total. The van der Waals surface area contributed by atoms with E-state index in [1.165, 1.54) is 32.1 Å². The predicted molar refractivity (Wildman–Crippen MR) is 118 cm³/mol. The van der Waals surface area contributed by atoms with Crippen molar-refractivity contribution in [2.24, 2.45) is 11.7 Å². The lowest BCUT2D eigenvalue weighted by molar-refractivity contribution is -0.141. The zero-order valence-electron chi connectivity index (χ0n) is 18.0. The van der Waals surface area contributed by atoms with Crippen LogP contribution in [0.2, 0.25) is 0 Å². The number of carbonyl (C=O) groups is 3. The monoisotopic (exact) mass is 436 g/mol. The van der Waals surface area contributed by atoms with Crippen molar-refractivity contribution in [3.63, 3.8) is 0 Å². The second kappa shape index (κ2) is 15.4. The Morgan fingerprint density at radius 3 is 2.16 bits per heavy atom. The van der Waals surface area contributed by atoms with E-state index < -0.39 is 30.0 Å². The standard InChI is InChI=1S/C13H17NO4.C10H19NO2/c15-12(16)8-9-14-11(13(17)18)7-6-10-4-2-1-3-5-10;11-9(10(12)13)7-6-8-4-2-1-3-5-8/h1-5,11,14H,6-9H2,(H,15,16)(H,17,18);8-9H,1-7,11H2,(H,12,13)/t11-;9-/m10/s1. The Morgan fingerprint density at radius 1 is 0.968 bits per heavy atom. The van der Waals surface area contributed by atoms with Gasteiger partial charge in [0, 0.05) is 6.54 Å². The van der Waals surface area contributed by atoms with Crippen molar-refractivity contribution in [3.8, 4) is 0 Å². The molecule has 0 amide bonds. The molecule has 1 aliphatic rings. The first-order valence-corrected chi connectivity index (χ1v) is 11.0. The average Bonchev–Trinajstić information content (AvgIpc) is 2.75. The second-order valence-corrected chi connectivity index (χ2v) is 8.04. The zero-order valence-corrected chi connectivity index (χ0v) is 18.0. The van der Waals surface area contributed by atoms with Crippen molar-refractivity contribution in [2.45, 2.75) is 76.3 Å². The molecule has 1 aromatic rings. The van der Waals surface area contributed by atoms with Crippen LogP contribution in [0.25, 0.3) is 0 Å². The molecule has 0 aliphatic heterocycles. The minimum atomic E-state index is -0.948. The lowest BCUT2D eigenvalue weighted by atomic mass is 9.85. The Labute approximate surface area is 183 Å². The van der Waals surface area contributed by atoms with Gasteiger partial charge in [0.05, 0.1) is 6.42 Å². The normalized spacial score (nSPS) is 15.9. The van der Waals surface area contributed by atoms with Crippen LogP contribution in [0.5, 0.6) is 0 Å². The Bertz CT molecular complexity index is 661. The van der Waals surface area contributed by atoms with Crippen molar-refractivity contribution in [1.82, 2.24) is 5.32 Å². The number of nitrogens with two attached hydrogens (primary N) is 1. The van der Waals surface area contributed by atoms with Gasteiger partial charge in [-0.25, -0.2) is 0 Å². The van der Waals surface area contributed by atoms with Gasteiger partial charge in [-0.15, -0.1) is 0 Å². The van der Waals surface area contributed by atoms with Crippen LogP contribution in [0.3, 0.4) is 0 Å². The Balaban J connectivity index is 0.000000327. The third kappa shape index (κ3) is 12.8. The van der Waals surface area contributed by atoms with Gasteiger partial charge in [0.1, 0.15) is 12.1 Å². The number of hydrogen-bond donors (Lipinski definition) is 5. The summed E-state index contributed by atoms with van der Waals surface area (Å²) in [7, 11) is 0. The molecule has 1 aliphatic carbocycles. The van der Waals surface area contributed by atoms with E-state index in [0.717, 1.165) is 17.9 Å². The van der Waals surface area contributed by atoms with Crippen molar-refractivity contribution in [1.29, 1.82) is 0 Å². The molecule has 174 valence electrons. The van der Waals surface area contributed by atoms with Crippen LogP contribution in [-0.4, -0.2) is 51.9 Å². The van der Waals surface area contributed by atoms with Gasteiger partial charge in [-0.05, 0) is 37.2 Å². The lowest BCUT2D eigenvalue weighted by Crippen LogP contribution is -2.38. The maximum atomic E-state index is 11.0. The van der Waals surface area contributed by atoms with Gasteiger partial charge in [-0.3, -0.25) is 14.4 Å². The first kappa shape index (κ1) is 26.6. The molecule has 6 N–H and O–H groups in total. The number of carboxylic acid groups (broad SMARTS) is 3. The number of aliphatic carboxylic acids is 3. The van der Waals surface area contributed by atoms with Crippen LogP contribution in [0.1, 0.15) is 63.4 Å². The molecule has 1 saturated carbocycles. The van der Waals surface area contributed by atoms with Gasteiger partial charge in [-0.1, -0.05) is 62.4 Å².